The molecule has 146 valence electrons. The van der Waals surface area contributed by atoms with Crippen molar-refractivity contribution in [1.82, 2.24) is 15.5 Å². The highest BCUT2D eigenvalue weighted by molar-refractivity contribution is 8.02. The average Bonchev–Trinajstić information content (AvgIpc) is 3.20. The van der Waals surface area contributed by atoms with Crippen LogP contribution < -0.4 is 10.6 Å². The predicted octanol–water partition coefficient (Wildman–Crippen LogP) is 0.121. The Morgan fingerprint density at radius 2 is 2.12 bits per heavy atom. The van der Waals surface area contributed by atoms with Crippen LogP contribution in [0.5, 0.6) is 0 Å². The molecule has 26 heavy (non-hydrogen) atoms. The molecule has 8 heteroatoms. The standard InChI is InChI=1S/C18H29N3O4S/c1-4-7-19-15(23)12-11-5-6-18(26-11)13(12)17(25)21(8-9-22)14(18)16(24)20-10(2)3/h10-14,22H,4-9H2,1-3H3,(H,19,23)(H,20,24)/t11-,12+,13+,14?,18?/m1/s1. The largest absolute Gasteiger partial charge is 0.395 e. The van der Waals surface area contributed by atoms with E-state index in [0.29, 0.717) is 6.54 Å². The predicted molar refractivity (Wildman–Crippen MR) is 99.5 cm³/mol. The Kier molecular flexibility index (Phi) is 5.53. The van der Waals surface area contributed by atoms with Crippen LogP contribution in [0.25, 0.3) is 0 Å². The summed E-state index contributed by atoms with van der Waals surface area (Å²) >= 11 is 1.65. The van der Waals surface area contributed by atoms with E-state index in [9.17, 15) is 19.5 Å². The molecular weight excluding hydrogens is 354 g/mol. The third kappa shape index (κ3) is 2.91. The van der Waals surface area contributed by atoms with E-state index in [-0.39, 0.29) is 48.1 Å². The van der Waals surface area contributed by atoms with E-state index in [1.165, 1.54) is 4.90 Å². The lowest BCUT2D eigenvalue weighted by molar-refractivity contribution is -0.140. The molecule has 0 aromatic rings. The van der Waals surface area contributed by atoms with Crippen LogP contribution in [-0.2, 0) is 14.4 Å². The molecule has 3 fully saturated rings. The van der Waals surface area contributed by atoms with Crippen LogP contribution in [-0.4, -0.2) is 69.5 Å². The molecule has 3 aliphatic heterocycles. The number of thioether (sulfide) groups is 1. The summed E-state index contributed by atoms with van der Waals surface area (Å²) in [5, 5.41) is 15.4. The Hall–Kier alpha value is -1.28. The van der Waals surface area contributed by atoms with Gasteiger partial charge >= 0.3 is 0 Å². The van der Waals surface area contributed by atoms with Gasteiger partial charge in [-0.25, -0.2) is 0 Å². The molecule has 3 amide bonds. The minimum Gasteiger partial charge on any atom is -0.395 e. The summed E-state index contributed by atoms with van der Waals surface area (Å²) in [5.74, 6) is -1.26. The number of hydrogen-bond acceptors (Lipinski definition) is 5. The number of aliphatic hydroxyl groups is 1. The highest BCUT2D eigenvalue weighted by atomic mass is 32.2. The number of carbonyl (C=O) groups excluding carboxylic acids is 3. The van der Waals surface area contributed by atoms with Crippen LogP contribution in [0.3, 0.4) is 0 Å². The Morgan fingerprint density at radius 3 is 2.73 bits per heavy atom. The van der Waals surface area contributed by atoms with Crippen LogP contribution in [0.2, 0.25) is 0 Å². The van der Waals surface area contributed by atoms with Gasteiger partial charge in [0.1, 0.15) is 6.04 Å². The third-order valence-electron chi connectivity index (χ3n) is 5.67. The molecule has 5 atom stereocenters. The Balaban J connectivity index is 1.94. The lowest BCUT2D eigenvalue weighted by atomic mass is 9.70. The van der Waals surface area contributed by atoms with Gasteiger partial charge in [-0.15, -0.1) is 11.8 Å². The molecule has 2 bridgehead atoms. The van der Waals surface area contributed by atoms with Gasteiger partial charge in [-0.3, -0.25) is 14.4 Å². The van der Waals surface area contributed by atoms with Gasteiger partial charge < -0.3 is 20.6 Å². The number of aliphatic hydroxyl groups excluding tert-OH is 1. The normalized spacial score (nSPS) is 35.1. The lowest BCUT2D eigenvalue weighted by Gasteiger charge is -2.34. The zero-order chi connectivity index (χ0) is 19.1. The van der Waals surface area contributed by atoms with Crippen molar-refractivity contribution in [3.8, 4) is 0 Å². The number of fused-ring (bicyclic) bond motifs is 1. The molecule has 3 heterocycles. The molecule has 3 N–H and O–H groups in total. The SMILES string of the molecule is CCCNC(=O)[C@@H]1[C@H]2C(=O)N(CCO)C(C(=O)NC(C)C)C23CC[C@H]1S3. The van der Waals surface area contributed by atoms with Gasteiger partial charge in [0.25, 0.3) is 0 Å². The summed E-state index contributed by atoms with van der Waals surface area (Å²) in [6.45, 7) is 6.30. The van der Waals surface area contributed by atoms with Crippen molar-refractivity contribution in [3.05, 3.63) is 0 Å². The first-order valence-electron chi connectivity index (χ1n) is 9.54. The van der Waals surface area contributed by atoms with Crippen molar-refractivity contribution < 1.29 is 19.5 Å². The number of nitrogens with one attached hydrogen (secondary N) is 2. The van der Waals surface area contributed by atoms with Crippen molar-refractivity contribution in [2.24, 2.45) is 11.8 Å². The fraction of sp³-hybridized carbons (Fsp3) is 0.833. The monoisotopic (exact) mass is 383 g/mol. The maximum atomic E-state index is 13.2. The summed E-state index contributed by atoms with van der Waals surface area (Å²) in [6.07, 6.45) is 2.45. The maximum Gasteiger partial charge on any atom is 0.244 e. The van der Waals surface area contributed by atoms with Crippen LogP contribution in [0.4, 0.5) is 0 Å². The Labute approximate surface area is 158 Å². The number of likely N-dealkylation sites (tertiary alicyclic amines) is 1. The van der Waals surface area contributed by atoms with Gasteiger partial charge in [0, 0.05) is 24.4 Å². The maximum absolute atomic E-state index is 13.2. The minimum atomic E-state index is -0.617. The van der Waals surface area contributed by atoms with Crippen LogP contribution in [0.1, 0.15) is 40.0 Å². The van der Waals surface area contributed by atoms with Gasteiger partial charge in [-0.2, -0.15) is 0 Å². The van der Waals surface area contributed by atoms with Crippen LogP contribution in [0.15, 0.2) is 0 Å². The second-order valence-electron chi connectivity index (χ2n) is 7.77. The van der Waals surface area contributed by atoms with E-state index in [1.807, 2.05) is 20.8 Å². The third-order valence-corrected chi connectivity index (χ3v) is 7.62. The summed E-state index contributed by atoms with van der Waals surface area (Å²) in [7, 11) is 0. The molecule has 0 aromatic heterocycles. The first-order valence-corrected chi connectivity index (χ1v) is 10.4. The number of carbonyl (C=O) groups is 3. The summed E-state index contributed by atoms with van der Waals surface area (Å²) < 4.78 is -0.551. The number of β-amino-alcohol motifs (C(OH)–C–C–N with tert-alkyl or cyclic N) is 1. The first-order chi connectivity index (χ1) is 12.4. The molecule has 3 rings (SSSR count). The minimum absolute atomic E-state index is 0.0312. The second-order valence-corrected chi connectivity index (χ2v) is 9.37. The van der Waals surface area contributed by atoms with Crippen molar-refractivity contribution in [1.29, 1.82) is 0 Å². The number of hydrogen-bond donors (Lipinski definition) is 3. The fourth-order valence-corrected chi connectivity index (χ4v) is 7.05. The van der Waals surface area contributed by atoms with E-state index < -0.39 is 16.7 Å². The zero-order valence-corrected chi connectivity index (χ0v) is 16.5. The smallest absolute Gasteiger partial charge is 0.244 e. The van der Waals surface area contributed by atoms with E-state index in [1.54, 1.807) is 11.8 Å². The highest BCUT2D eigenvalue weighted by Gasteiger charge is 2.73. The Bertz CT molecular complexity index is 599. The van der Waals surface area contributed by atoms with Crippen molar-refractivity contribution in [3.63, 3.8) is 0 Å². The van der Waals surface area contributed by atoms with E-state index >= 15 is 0 Å². The molecule has 0 radical (unpaired) electrons. The summed E-state index contributed by atoms with van der Waals surface area (Å²) in [4.78, 5) is 40.4. The molecule has 0 saturated carbocycles. The van der Waals surface area contributed by atoms with Crippen LogP contribution in [0, 0.1) is 11.8 Å². The van der Waals surface area contributed by atoms with Gasteiger partial charge in [-0.1, -0.05) is 6.92 Å². The molecular formula is C18H29N3O4S. The van der Waals surface area contributed by atoms with E-state index in [4.69, 9.17) is 0 Å². The lowest BCUT2D eigenvalue weighted by Crippen LogP contribution is -2.55. The topological polar surface area (TPSA) is 98.7 Å². The van der Waals surface area contributed by atoms with Gasteiger partial charge in [0.05, 0.1) is 23.2 Å². The molecule has 3 aliphatic rings. The Morgan fingerprint density at radius 1 is 1.38 bits per heavy atom. The highest BCUT2D eigenvalue weighted by Crippen LogP contribution is 2.66. The average molecular weight is 384 g/mol. The van der Waals surface area contributed by atoms with Crippen molar-refractivity contribution in [2.75, 3.05) is 19.7 Å². The number of amides is 3. The quantitative estimate of drug-likeness (QED) is 0.580. The second kappa shape index (κ2) is 7.38. The molecule has 7 nitrogen and oxygen atoms in total. The molecule has 2 unspecified atom stereocenters. The van der Waals surface area contributed by atoms with Crippen LogP contribution >= 0.6 is 11.8 Å². The van der Waals surface area contributed by atoms with E-state index in [2.05, 4.69) is 10.6 Å². The molecule has 0 aromatic carbocycles. The summed E-state index contributed by atoms with van der Waals surface area (Å²) in [5.41, 5.74) is 0. The van der Waals surface area contributed by atoms with Gasteiger partial charge in [-0.05, 0) is 33.1 Å². The zero-order valence-electron chi connectivity index (χ0n) is 15.7. The number of rotatable bonds is 7. The first kappa shape index (κ1) is 19.5. The molecule has 3 saturated heterocycles. The molecule has 0 aliphatic carbocycles. The summed E-state index contributed by atoms with van der Waals surface area (Å²) in [6, 6.07) is -0.648. The fourth-order valence-electron chi connectivity index (χ4n) is 4.83. The number of nitrogens with zero attached hydrogens (tertiary/aromatic N) is 1. The van der Waals surface area contributed by atoms with Gasteiger partial charge in [0.15, 0.2) is 0 Å². The molecule has 1 spiro atoms. The van der Waals surface area contributed by atoms with Crippen molar-refractivity contribution >= 4 is 29.5 Å². The van der Waals surface area contributed by atoms with Crippen molar-refractivity contribution in [2.45, 2.75) is 62.1 Å². The van der Waals surface area contributed by atoms with Gasteiger partial charge in [0.2, 0.25) is 17.7 Å². The van der Waals surface area contributed by atoms with E-state index in [0.717, 1.165) is 19.3 Å².